The van der Waals surface area contributed by atoms with Gasteiger partial charge in [-0.15, -0.1) is 0 Å². The van der Waals surface area contributed by atoms with Crippen LogP contribution < -0.4 is 10.2 Å². The Morgan fingerprint density at radius 1 is 1.40 bits per heavy atom. The van der Waals surface area contributed by atoms with E-state index >= 15 is 0 Å². The van der Waals surface area contributed by atoms with Gasteiger partial charge in [-0.25, -0.2) is 0 Å². The highest BCUT2D eigenvalue weighted by Gasteiger charge is 2.31. The van der Waals surface area contributed by atoms with Crippen LogP contribution in [0, 0.1) is 5.92 Å². The molecule has 20 heavy (non-hydrogen) atoms. The molecule has 1 aliphatic heterocycles. The molecule has 0 saturated carbocycles. The standard InChI is InChI=1S/C15H20N2O3/c1-2-16-8-7-14(18)17-10-12(15(19)20)9-11-5-3-4-6-13(11)17/h3-6,12,16H,2,7-10H2,1H3,(H,19,20). The van der Waals surface area contributed by atoms with Gasteiger partial charge in [-0.2, -0.15) is 0 Å². The topological polar surface area (TPSA) is 69.6 Å². The van der Waals surface area contributed by atoms with Crippen molar-refractivity contribution >= 4 is 17.6 Å². The summed E-state index contributed by atoms with van der Waals surface area (Å²) >= 11 is 0. The molecule has 0 saturated heterocycles. The predicted octanol–water partition coefficient (Wildman–Crippen LogP) is 1.28. The Hall–Kier alpha value is -1.88. The number of rotatable bonds is 5. The third-order valence-electron chi connectivity index (χ3n) is 3.57. The zero-order valence-corrected chi connectivity index (χ0v) is 11.6. The number of carboxylic acid groups (broad SMARTS) is 1. The van der Waals surface area contributed by atoms with Gasteiger partial charge in [0.15, 0.2) is 0 Å². The smallest absolute Gasteiger partial charge is 0.308 e. The highest BCUT2D eigenvalue weighted by atomic mass is 16.4. The molecule has 1 aromatic carbocycles. The van der Waals surface area contributed by atoms with Crippen LogP contribution in [0.25, 0.3) is 0 Å². The first-order valence-corrected chi connectivity index (χ1v) is 6.95. The van der Waals surface area contributed by atoms with E-state index in [2.05, 4.69) is 5.32 Å². The zero-order valence-electron chi connectivity index (χ0n) is 11.6. The minimum atomic E-state index is -0.844. The number of carbonyl (C=O) groups is 2. The fraction of sp³-hybridized carbons (Fsp3) is 0.467. The van der Waals surface area contributed by atoms with Crippen molar-refractivity contribution in [3.05, 3.63) is 29.8 Å². The summed E-state index contributed by atoms with van der Waals surface area (Å²) in [6, 6.07) is 7.54. The molecule has 2 rings (SSSR count). The Bertz CT molecular complexity index is 502. The van der Waals surface area contributed by atoms with Crippen LogP contribution in [-0.2, 0) is 16.0 Å². The lowest BCUT2D eigenvalue weighted by Gasteiger charge is -2.33. The summed E-state index contributed by atoms with van der Waals surface area (Å²) in [4.78, 5) is 25.2. The van der Waals surface area contributed by atoms with Crippen LogP contribution in [0.5, 0.6) is 0 Å². The highest BCUT2D eigenvalue weighted by molar-refractivity contribution is 5.95. The van der Waals surface area contributed by atoms with E-state index in [1.807, 2.05) is 31.2 Å². The van der Waals surface area contributed by atoms with Gasteiger partial charge in [-0.05, 0) is 24.6 Å². The maximum Gasteiger partial charge on any atom is 0.308 e. The molecule has 1 aliphatic rings. The van der Waals surface area contributed by atoms with E-state index in [9.17, 15) is 14.7 Å². The molecule has 0 bridgehead atoms. The van der Waals surface area contributed by atoms with Crippen molar-refractivity contribution in [2.24, 2.45) is 5.92 Å². The molecular formula is C15H20N2O3. The predicted molar refractivity (Wildman–Crippen MR) is 76.8 cm³/mol. The first kappa shape index (κ1) is 14.5. The molecule has 1 atom stereocenters. The van der Waals surface area contributed by atoms with Gasteiger partial charge in [0, 0.05) is 25.2 Å². The number of fused-ring (bicyclic) bond motifs is 1. The quantitative estimate of drug-likeness (QED) is 0.795. The van der Waals surface area contributed by atoms with Crippen molar-refractivity contribution in [2.45, 2.75) is 19.8 Å². The summed E-state index contributed by atoms with van der Waals surface area (Å²) in [6.07, 6.45) is 0.872. The highest BCUT2D eigenvalue weighted by Crippen LogP contribution is 2.30. The molecule has 1 aromatic rings. The number of nitrogens with one attached hydrogen (secondary N) is 1. The van der Waals surface area contributed by atoms with Crippen molar-refractivity contribution in [3.63, 3.8) is 0 Å². The summed E-state index contributed by atoms with van der Waals surface area (Å²) in [6.45, 7) is 3.69. The van der Waals surface area contributed by atoms with Crippen LogP contribution in [0.15, 0.2) is 24.3 Å². The van der Waals surface area contributed by atoms with E-state index in [1.54, 1.807) is 4.90 Å². The minimum Gasteiger partial charge on any atom is -0.481 e. The zero-order chi connectivity index (χ0) is 14.5. The third-order valence-corrected chi connectivity index (χ3v) is 3.57. The molecule has 0 aliphatic carbocycles. The molecule has 0 spiro atoms. The molecule has 1 unspecified atom stereocenters. The van der Waals surface area contributed by atoms with Gasteiger partial charge in [0.05, 0.1) is 5.92 Å². The van der Waals surface area contributed by atoms with Crippen LogP contribution in [0.3, 0.4) is 0 Å². The summed E-state index contributed by atoms with van der Waals surface area (Å²) in [5, 5.41) is 12.3. The van der Waals surface area contributed by atoms with Gasteiger partial charge >= 0.3 is 5.97 Å². The monoisotopic (exact) mass is 276 g/mol. The molecule has 1 amide bonds. The van der Waals surface area contributed by atoms with Crippen molar-refractivity contribution in [2.75, 3.05) is 24.5 Å². The van der Waals surface area contributed by atoms with Gasteiger partial charge in [-0.3, -0.25) is 9.59 Å². The Kier molecular flexibility index (Phi) is 4.74. The lowest BCUT2D eigenvalue weighted by atomic mass is 9.92. The lowest BCUT2D eigenvalue weighted by molar-refractivity contribution is -0.141. The third kappa shape index (κ3) is 3.17. The largest absolute Gasteiger partial charge is 0.481 e. The number of hydrogen-bond acceptors (Lipinski definition) is 3. The number of amides is 1. The second kappa shape index (κ2) is 6.52. The molecule has 0 radical (unpaired) electrons. The summed E-state index contributed by atoms with van der Waals surface area (Å²) < 4.78 is 0. The number of carbonyl (C=O) groups excluding carboxylic acids is 1. The number of para-hydroxylation sites is 1. The maximum absolute atomic E-state index is 12.3. The molecule has 2 N–H and O–H groups in total. The van der Waals surface area contributed by atoms with Crippen LogP contribution in [0.4, 0.5) is 5.69 Å². The number of hydrogen-bond donors (Lipinski definition) is 2. The molecule has 1 heterocycles. The van der Waals surface area contributed by atoms with Gasteiger partial charge < -0.3 is 15.3 Å². The number of anilines is 1. The van der Waals surface area contributed by atoms with E-state index in [0.29, 0.717) is 19.4 Å². The molecule has 0 fully saturated rings. The lowest BCUT2D eigenvalue weighted by Crippen LogP contribution is -2.43. The normalized spacial score (nSPS) is 17.6. The van der Waals surface area contributed by atoms with E-state index in [0.717, 1.165) is 17.8 Å². The molecule has 5 heteroatoms. The van der Waals surface area contributed by atoms with Crippen molar-refractivity contribution in [1.29, 1.82) is 0 Å². The average molecular weight is 276 g/mol. The van der Waals surface area contributed by atoms with Crippen LogP contribution in [0.1, 0.15) is 18.9 Å². The SMILES string of the molecule is CCNCCC(=O)N1CC(C(=O)O)Cc2ccccc21. The van der Waals surface area contributed by atoms with E-state index in [1.165, 1.54) is 0 Å². The van der Waals surface area contributed by atoms with Crippen LogP contribution in [-0.4, -0.2) is 36.6 Å². The van der Waals surface area contributed by atoms with Crippen molar-refractivity contribution < 1.29 is 14.7 Å². The second-order valence-corrected chi connectivity index (χ2v) is 4.98. The molecular weight excluding hydrogens is 256 g/mol. The van der Waals surface area contributed by atoms with Gasteiger partial charge in [0.2, 0.25) is 5.91 Å². The first-order valence-electron chi connectivity index (χ1n) is 6.95. The van der Waals surface area contributed by atoms with Gasteiger partial charge in [0.25, 0.3) is 0 Å². The molecule has 108 valence electrons. The summed E-state index contributed by atoms with van der Waals surface area (Å²) in [5.74, 6) is -1.39. The van der Waals surface area contributed by atoms with Crippen LogP contribution in [0.2, 0.25) is 0 Å². The number of nitrogens with zero attached hydrogens (tertiary/aromatic N) is 1. The Labute approximate surface area is 118 Å². The van der Waals surface area contributed by atoms with Gasteiger partial charge in [0.1, 0.15) is 0 Å². The fourth-order valence-corrected chi connectivity index (χ4v) is 2.50. The second-order valence-electron chi connectivity index (χ2n) is 4.98. The minimum absolute atomic E-state index is 0.0237. The average Bonchev–Trinajstić information content (AvgIpc) is 2.46. The number of benzene rings is 1. The summed E-state index contributed by atoms with van der Waals surface area (Å²) in [5.41, 5.74) is 1.79. The Morgan fingerprint density at radius 2 is 2.15 bits per heavy atom. The van der Waals surface area contributed by atoms with Crippen LogP contribution >= 0.6 is 0 Å². The number of aliphatic carboxylic acids is 1. The van der Waals surface area contributed by atoms with Crippen molar-refractivity contribution in [1.82, 2.24) is 5.32 Å². The van der Waals surface area contributed by atoms with E-state index in [4.69, 9.17) is 0 Å². The van der Waals surface area contributed by atoms with Gasteiger partial charge in [-0.1, -0.05) is 25.1 Å². The Balaban J connectivity index is 2.18. The molecule has 5 nitrogen and oxygen atoms in total. The summed E-state index contributed by atoms with van der Waals surface area (Å²) in [7, 11) is 0. The molecule has 0 aromatic heterocycles. The van der Waals surface area contributed by atoms with Crippen molar-refractivity contribution in [3.8, 4) is 0 Å². The first-order chi connectivity index (χ1) is 9.63. The number of carboxylic acids is 1. The fourth-order valence-electron chi connectivity index (χ4n) is 2.50. The Morgan fingerprint density at radius 3 is 2.85 bits per heavy atom. The maximum atomic E-state index is 12.3. The van der Waals surface area contributed by atoms with E-state index in [-0.39, 0.29) is 12.5 Å². The van der Waals surface area contributed by atoms with E-state index < -0.39 is 11.9 Å².